The van der Waals surface area contributed by atoms with Crippen molar-refractivity contribution in [2.24, 2.45) is 0 Å². The number of sulfone groups is 1. The first-order valence-corrected chi connectivity index (χ1v) is 8.44. The van der Waals surface area contributed by atoms with Crippen molar-refractivity contribution < 1.29 is 8.42 Å². The third-order valence-electron chi connectivity index (χ3n) is 2.38. The van der Waals surface area contributed by atoms with Gasteiger partial charge in [-0.3, -0.25) is 0 Å². The molecule has 5 heteroatoms. The molecule has 0 spiro atoms. The summed E-state index contributed by atoms with van der Waals surface area (Å²) in [6.45, 7) is 2.88. The largest absolute Gasteiger partial charge is 0.309 e. The van der Waals surface area contributed by atoms with Crippen LogP contribution in [0.4, 0.5) is 0 Å². The number of nitrogens with one attached hydrogen (secondary N) is 1. The molecular formula is C12H18BrNO2S. The highest BCUT2D eigenvalue weighted by Crippen LogP contribution is 2.18. The zero-order valence-corrected chi connectivity index (χ0v) is 12.5. The molecule has 0 aliphatic carbocycles. The summed E-state index contributed by atoms with van der Waals surface area (Å²) in [5, 5.41) is 3.27. The van der Waals surface area contributed by atoms with E-state index in [-0.39, 0.29) is 11.8 Å². The van der Waals surface area contributed by atoms with E-state index in [0.717, 1.165) is 23.0 Å². The average Bonchev–Trinajstić information content (AvgIpc) is 2.24. The summed E-state index contributed by atoms with van der Waals surface area (Å²) in [5.74, 6) is 0.134. The highest BCUT2D eigenvalue weighted by atomic mass is 79.9. The quantitative estimate of drug-likeness (QED) is 0.876. The minimum Gasteiger partial charge on any atom is -0.309 e. The van der Waals surface area contributed by atoms with Gasteiger partial charge in [-0.25, -0.2) is 8.42 Å². The lowest BCUT2D eigenvalue weighted by atomic mass is 10.1. The van der Waals surface area contributed by atoms with Crippen molar-refractivity contribution in [1.29, 1.82) is 0 Å². The molecule has 0 saturated heterocycles. The number of halogens is 1. The number of hydrogen-bond donors (Lipinski definition) is 1. The first-order valence-electron chi connectivity index (χ1n) is 5.59. The Morgan fingerprint density at radius 3 is 2.35 bits per heavy atom. The van der Waals surface area contributed by atoms with Gasteiger partial charge < -0.3 is 5.32 Å². The van der Waals surface area contributed by atoms with Crippen molar-refractivity contribution in [3.63, 3.8) is 0 Å². The maximum atomic E-state index is 11.4. The molecule has 1 atom stereocenters. The molecule has 0 radical (unpaired) electrons. The Bertz CT molecular complexity index is 442. The van der Waals surface area contributed by atoms with Crippen LogP contribution in [0.15, 0.2) is 28.7 Å². The van der Waals surface area contributed by atoms with Gasteiger partial charge in [-0.05, 0) is 30.7 Å². The normalized spacial score (nSPS) is 13.6. The summed E-state index contributed by atoms with van der Waals surface area (Å²) >= 11 is 3.37. The van der Waals surface area contributed by atoms with Crippen molar-refractivity contribution >= 4 is 25.8 Å². The van der Waals surface area contributed by atoms with Crippen molar-refractivity contribution in [3.05, 3.63) is 34.3 Å². The van der Waals surface area contributed by atoms with Crippen LogP contribution in [0.2, 0.25) is 0 Å². The molecule has 0 heterocycles. The van der Waals surface area contributed by atoms with Gasteiger partial charge in [0.05, 0.1) is 5.75 Å². The summed E-state index contributed by atoms with van der Waals surface area (Å²) < 4.78 is 23.8. The molecule has 17 heavy (non-hydrogen) atoms. The standard InChI is InChI=1S/C12H18BrNO2S/c1-3-8-14-12(9-17(2,15)16)10-4-6-11(13)7-5-10/h4-7,12,14H,3,8-9H2,1-2H3. The summed E-state index contributed by atoms with van der Waals surface area (Å²) in [6, 6.07) is 7.62. The van der Waals surface area contributed by atoms with Gasteiger partial charge in [0.25, 0.3) is 0 Å². The second-order valence-corrected chi connectivity index (χ2v) is 7.25. The first-order chi connectivity index (χ1) is 7.92. The van der Waals surface area contributed by atoms with Crippen molar-refractivity contribution in [3.8, 4) is 0 Å². The van der Waals surface area contributed by atoms with Gasteiger partial charge in [-0.15, -0.1) is 0 Å². The van der Waals surface area contributed by atoms with Gasteiger partial charge in [-0.1, -0.05) is 35.0 Å². The van der Waals surface area contributed by atoms with Crippen molar-refractivity contribution in [1.82, 2.24) is 5.32 Å². The molecule has 0 fully saturated rings. The Kier molecular flexibility index (Phi) is 5.62. The third-order valence-corrected chi connectivity index (χ3v) is 3.85. The molecule has 0 aromatic heterocycles. The van der Waals surface area contributed by atoms with Crippen LogP contribution in [0.5, 0.6) is 0 Å². The molecule has 1 aromatic carbocycles. The zero-order valence-electron chi connectivity index (χ0n) is 10.1. The summed E-state index contributed by atoms with van der Waals surface area (Å²) in [5.41, 5.74) is 1.01. The lowest BCUT2D eigenvalue weighted by Crippen LogP contribution is -2.28. The molecule has 1 aromatic rings. The van der Waals surface area contributed by atoms with Crippen LogP contribution in [0.25, 0.3) is 0 Å². The Balaban J connectivity index is 2.85. The van der Waals surface area contributed by atoms with Crippen LogP contribution in [0.1, 0.15) is 24.9 Å². The fourth-order valence-electron chi connectivity index (χ4n) is 1.59. The van der Waals surface area contributed by atoms with E-state index in [9.17, 15) is 8.42 Å². The lowest BCUT2D eigenvalue weighted by Gasteiger charge is -2.18. The second kappa shape index (κ2) is 6.52. The fraction of sp³-hybridized carbons (Fsp3) is 0.500. The monoisotopic (exact) mass is 319 g/mol. The van der Waals surface area contributed by atoms with E-state index in [4.69, 9.17) is 0 Å². The Hall–Kier alpha value is -0.390. The van der Waals surface area contributed by atoms with E-state index in [1.807, 2.05) is 24.3 Å². The third kappa shape index (κ3) is 5.66. The van der Waals surface area contributed by atoms with Crippen molar-refractivity contribution in [2.75, 3.05) is 18.6 Å². The minimum atomic E-state index is -2.99. The minimum absolute atomic E-state index is 0.127. The number of rotatable bonds is 6. The van der Waals surface area contributed by atoms with Crippen LogP contribution in [0, 0.1) is 0 Å². The second-order valence-electron chi connectivity index (χ2n) is 4.15. The fourth-order valence-corrected chi connectivity index (χ4v) is 2.77. The molecule has 3 nitrogen and oxygen atoms in total. The summed E-state index contributed by atoms with van der Waals surface area (Å²) in [6.07, 6.45) is 2.25. The molecule has 1 unspecified atom stereocenters. The summed E-state index contributed by atoms with van der Waals surface area (Å²) in [4.78, 5) is 0. The van der Waals surface area contributed by atoms with Gasteiger partial charge in [0.2, 0.25) is 0 Å². The van der Waals surface area contributed by atoms with Crippen LogP contribution >= 0.6 is 15.9 Å². The predicted octanol–water partition coefficient (Wildman–Crippen LogP) is 2.53. The van der Waals surface area contributed by atoms with Crippen molar-refractivity contribution in [2.45, 2.75) is 19.4 Å². The molecule has 0 saturated carbocycles. The van der Waals surface area contributed by atoms with Gasteiger partial charge in [0.15, 0.2) is 0 Å². The maximum absolute atomic E-state index is 11.4. The van der Waals surface area contributed by atoms with Gasteiger partial charge in [0, 0.05) is 16.8 Å². The van der Waals surface area contributed by atoms with E-state index < -0.39 is 9.84 Å². The first kappa shape index (κ1) is 14.7. The number of benzene rings is 1. The van der Waals surface area contributed by atoms with E-state index in [2.05, 4.69) is 28.2 Å². The van der Waals surface area contributed by atoms with Crippen LogP contribution in [-0.2, 0) is 9.84 Å². The molecule has 96 valence electrons. The van der Waals surface area contributed by atoms with Gasteiger partial charge in [-0.2, -0.15) is 0 Å². The van der Waals surface area contributed by atoms with Gasteiger partial charge in [0.1, 0.15) is 9.84 Å². The van der Waals surface area contributed by atoms with Gasteiger partial charge >= 0.3 is 0 Å². The maximum Gasteiger partial charge on any atom is 0.149 e. The molecular weight excluding hydrogens is 302 g/mol. The lowest BCUT2D eigenvalue weighted by molar-refractivity contribution is 0.549. The topological polar surface area (TPSA) is 46.2 Å². The Morgan fingerprint density at radius 2 is 1.88 bits per heavy atom. The molecule has 0 aliphatic heterocycles. The Morgan fingerprint density at radius 1 is 1.29 bits per heavy atom. The molecule has 0 aliphatic rings. The van der Waals surface area contributed by atoms with E-state index in [1.54, 1.807) is 0 Å². The smallest absolute Gasteiger partial charge is 0.149 e. The van der Waals surface area contributed by atoms with E-state index in [0.29, 0.717) is 0 Å². The summed E-state index contributed by atoms with van der Waals surface area (Å²) in [7, 11) is -2.99. The highest BCUT2D eigenvalue weighted by Gasteiger charge is 2.16. The molecule has 1 N–H and O–H groups in total. The van der Waals surface area contributed by atoms with E-state index >= 15 is 0 Å². The van der Waals surface area contributed by atoms with Crippen LogP contribution in [0.3, 0.4) is 0 Å². The molecule has 0 amide bonds. The molecule has 0 bridgehead atoms. The molecule has 1 rings (SSSR count). The highest BCUT2D eigenvalue weighted by molar-refractivity contribution is 9.10. The van der Waals surface area contributed by atoms with Crippen LogP contribution in [-0.4, -0.2) is 27.0 Å². The number of hydrogen-bond acceptors (Lipinski definition) is 3. The Labute approximate surface area is 112 Å². The van der Waals surface area contributed by atoms with E-state index in [1.165, 1.54) is 6.26 Å². The predicted molar refractivity (Wildman–Crippen MR) is 74.9 cm³/mol. The average molecular weight is 320 g/mol. The SMILES string of the molecule is CCCNC(CS(C)(=O)=O)c1ccc(Br)cc1. The zero-order chi connectivity index (χ0) is 12.9. The van der Waals surface area contributed by atoms with Crippen LogP contribution < -0.4 is 5.32 Å².